The number of rotatable bonds is 9. The van der Waals surface area contributed by atoms with Gasteiger partial charge in [-0.2, -0.15) is 0 Å². The van der Waals surface area contributed by atoms with Crippen molar-refractivity contribution in [1.29, 1.82) is 0 Å². The van der Waals surface area contributed by atoms with Gasteiger partial charge in [0, 0.05) is 37.0 Å². The molecule has 40 heavy (non-hydrogen) atoms. The quantitative estimate of drug-likeness (QED) is 0.348. The minimum Gasteiger partial charge on any atom is -0.469 e. The molecule has 0 saturated carbocycles. The number of nitrogens with zero attached hydrogens (tertiary/aromatic N) is 1. The zero-order valence-electron chi connectivity index (χ0n) is 21.7. The highest BCUT2D eigenvalue weighted by Gasteiger charge is 2.36. The van der Waals surface area contributed by atoms with E-state index in [2.05, 4.69) is 20.7 Å². The van der Waals surface area contributed by atoms with E-state index in [1.165, 1.54) is 4.90 Å². The van der Waals surface area contributed by atoms with Crippen LogP contribution in [0.15, 0.2) is 72.8 Å². The summed E-state index contributed by atoms with van der Waals surface area (Å²) in [6.07, 6.45) is -0.459. The monoisotopic (exact) mass is 550 g/mol. The summed E-state index contributed by atoms with van der Waals surface area (Å²) in [5.74, 6) is -4.05. The Bertz CT molecular complexity index is 1380. The molecule has 0 aliphatic carbocycles. The van der Waals surface area contributed by atoms with Crippen molar-refractivity contribution in [2.75, 3.05) is 23.9 Å². The van der Waals surface area contributed by atoms with Crippen molar-refractivity contribution in [3.63, 3.8) is 0 Å². The lowest BCUT2D eigenvalue weighted by Gasteiger charge is -2.21. The average molecular weight is 551 g/mol. The molecule has 1 saturated heterocycles. The summed E-state index contributed by atoms with van der Waals surface area (Å²) in [4.78, 5) is 51.6. The first-order valence-electron chi connectivity index (χ1n) is 12.5. The molecule has 3 aromatic rings. The fourth-order valence-electron chi connectivity index (χ4n) is 4.41. The highest BCUT2D eigenvalue weighted by molar-refractivity contribution is 6.01. The largest absolute Gasteiger partial charge is 0.469 e. The van der Waals surface area contributed by atoms with Gasteiger partial charge >= 0.3 is 12.0 Å². The molecule has 1 fully saturated rings. The van der Waals surface area contributed by atoms with Crippen LogP contribution in [-0.2, 0) is 25.7 Å². The third-order valence-corrected chi connectivity index (χ3v) is 6.41. The summed E-state index contributed by atoms with van der Waals surface area (Å²) < 4.78 is 32.3. The van der Waals surface area contributed by atoms with Crippen molar-refractivity contribution in [1.82, 2.24) is 10.6 Å². The van der Waals surface area contributed by atoms with Gasteiger partial charge in [0.2, 0.25) is 11.8 Å². The Morgan fingerprint density at radius 2 is 1.73 bits per heavy atom. The SMILES string of the molecule is COC(=O)CC(NC(=O)C1CC(=O)N(c2cccc(NC(=O)NCc3ccccc3)c2)C1)c1cc(F)cc(F)c1. The molecule has 208 valence electrons. The summed E-state index contributed by atoms with van der Waals surface area (Å²) in [6, 6.07) is 17.3. The molecule has 0 bridgehead atoms. The molecule has 1 aliphatic heterocycles. The fourth-order valence-corrected chi connectivity index (χ4v) is 4.41. The Kier molecular flexibility index (Phi) is 9.05. The Balaban J connectivity index is 1.40. The summed E-state index contributed by atoms with van der Waals surface area (Å²) >= 11 is 0. The molecule has 11 heteroatoms. The summed E-state index contributed by atoms with van der Waals surface area (Å²) in [5.41, 5.74) is 1.94. The van der Waals surface area contributed by atoms with E-state index in [1.807, 2.05) is 30.3 Å². The minimum absolute atomic E-state index is 0.0385. The number of amides is 4. The van der Waals surface area contributed by atoms with Crippen molar-refractivity contribution >= 4 is 35.2 Å². The van der Waals surface area contributed by atoms with Crippen LogP contribution in [0.25, 0.3) is 0 Å². The van der Waals surface area contributed by atoms with Crippen LogP contribution in [0, 0.1) is 17.6 Å². The maximum absolute atomic E-state index is 13.8. The van der Waals surface area contributed by atoms with Crippen molar-refractivity contribution in [3.8, 4) is 0 Å². The predicted molar refractivity (Wildman–Crippen MR) is 143 cm³/mol. The number of hydrogen-bond acceptors (Lipinski definition) is 5. The summed E-state index contributed by atoms with van der Waals surface area (Å²) in [6.45, 7) is 0.379. The number of urea groups is 1. The van der Waals surface area contributed by atoms with Crippen molar-refractivity contribution in [3.05, 3.63) is 95.6 Å². The number of nitrogens with one attached hydrogen (secondary N) is 3. The Hall–Kier alpha value is -4.80. The van der Waals surface area contributed by atoms with E-state index in [0.29, 0.717) is 24.0 Å². The highest BCUT2D eigenvalue weighted by atomic mass is 19.1. The molecule has 4 amide bonds. The number of ether oxygens (including phenoxy) is 1. The summed E-state index contributed by atoms with van der Waals surface area (Å²) in [5, 5.41) is 8.12. The van der Waals surface area contributed by atoms with Crippen LogP contribution in [0.5, 0.6) is 0 Å². The standard InChI is InChI=1S/C29H28F2N4O5/c1-40-27(37)15-25(19-10-21(30)13-22(31)11-19)34-28(38)20-12-26(36)35(17-20)24-9-5-8-23(14-24)33-29(39)32-16-18-6-3-2-4-7-18/h2-11,13-14,20,25H,12,15-17H2,1H3,(H,34,38)(H2,32,33,39). The van der Waals surface area contributed by atoms with Crippen LogP contribution in [0.2, 0.25) is 0 Å². The zero-order chi connectivity index (χ0) is 28.6. The lowest BCUT2D eigenvalue weighted by molar-refractivity contribution is -0.141. The molecule has 2 unspecified atom stereocenters. The number of halogens is 2. The normalized spacial score (nSPS) is 15.3. The van der Waals surface area contributed by atoms with Gasteiger partial charge in [-0.3, -0.25) is 14.4 Å². The second kappa shape index (κ2) is 12.8. The van der Waals surface area contributed by atoms with Gasteiger partial charge in [-0.05, 0) is 41.5 Å². The molecular weight excluding hydrogens is 522 g/mol. The molecular formula is C29H28F2N4O5. The third-order valence-electron chi connectivity index (χ3n) is 6.41. The van der Waals surface area contributed by atoms with E-state index in [4.69, 9.17) is 0 Å². The minimum atomic E-state index is -1.06. The fraction of sp³-hybridized carbons (Fsp3) is 0.241. The van der Waals surface area contributed by atoms with Gasteiger partial charge in [-0.1, -0.05) is 36.4 Å². The van der Waals surface area contributed by atoms with Gasteiger partial charge in [0.1, 0.15) is 11.6 Å². The van der Waals surface area contributed by atoms with Crippen LogP contribution < -0.4 is 20.9 Å². The molecule has 1 heterocycles. The maximum Gasteiger partial charge on any atom is 0.319 e. The number of esters is 1. The maximum atomic E-state index is 13.8. The lowest BCUT2D eigenvalue weighted by Crippen LogP contribution is -2.36. The Morgan fingerprint density at radius 1 is 1.00 bits per heavy atom. The number of carbonyl (C=O) groups is 4. The van der Waals surface area contributed by atoms with Crippen LogP contribution in [0.4, 0.5) is 25.0 Å². The molecule has 3 N–H and O–H groups in total. The number of carbonyl (C=O) groups excluding carboxylic acids is 4. The van der Waals surface area contributed by atoms with Crippen LogP contribution in [-0.4, -0.2) is 37.5 Å². The molecule has 9 nitrogen and oxygen atoms in total. The van der Waals surface area contributed by atoms with E-state index >= 15 is 0 Å². The second-order valence-corrected chi connectivity index (χ2v) is 9.29. The van der Waals surface area contributed by atoms with Gasteiger partial charge < -0.3 is 25.6 Å². The van der Waals surface area contributed by atoms with Crippen LogP contribution in [0.3, 0.4) is 0 Å². The van der Waals surface area contributed by atoms with Crippen LogP contribution in [0.1, 0.15) is 30.0 Å². The number of benzene rings is 3. The number of anilines is 2. The Morgan fingerprint density at radius 3 is 2.42 bits per heavy atom. The Labute approximate surface area is 229 Å². The first kappa shape index (κ1) is 28.2. The second-order valence-electron chi connectivity index (χ2n) is 9.29. The van der Waals surface area contributed by atoms with Gasteiger partial charge in [0.15, 0.2) is 0 Å². The first-order valence-corrected chi connectivity index (χ1v) is 12.5. The average Bonchev–Trinajstić information content (AvgIpc) is 3.33. The van der Waals surface area contributed by atoms with Gasteiger partial charge in [0.05, 0.1) is 25.5 Å². The van der Waals surface area contributed by atoms with Crippen molar-refractivity contribution in [2.24, 2.45) is 5.92 Å². The predicted octanol–water partition coefficient (Wildman–Crippen LogP) is 4.06. The van der Waals surface area contributed by atoms with E-state index < -0.39 is 41.5 Å². The molecule has 2 atom stereocenters. The van der Waals surface area contributed by atoms with Crippen molar-refractivity contribution < 1.29 is 32.7 Å². The number of hydrogen-bond donors (Lipinski definition) is 3. The van der Waals surface area contributed by atoms with Gasteiger partial charge in [0.25, 0.3) is 0 Å². The van der Waals surface area contributed by atoms with E-state index in [0.717, 1.165) is 24.8 Å². The highest BCUT2D eigenvalue weighted by Crippen LogP contribution is 2.29. The lowest BCUT2D eigenvalue weighted by atomic mass is 10.0. The van der Waals surface area contributed by atoms with Gasteiger partial charge in [-0.15, -0.1) is 0 Å². The molecule has 0 aromatic heterocycles. The van der Waals surface area contributed by atoms with E-state index in [-0.39, 0.29) is 30.9 Å². The molecule has 3 aromatic carbocycles. The summed E-state index contributed by atoms with van der Waals surface area (Å²) in [7, 11) is 1.16. The van der Waals surface area contributed by atoms with E-state index in [1.54, 1.807) is 24.3 Å². The van der Waals surface area contributed by atoms with Crippen molar-refractivity contribution in [2.45, 2.75) is 25.4 Å². The van der Waals surface area contributed by atoms with Crippen LogP contribution >= 0.6 is 0 Å². The molecule has 1 aliphatic rings. The first-order chi connectivity index (χ1) is 19.2. The molecule has 4 rings (SSSR count). The smallest absolute Gasteiger partial charge is 0.319 e. The third kappa shape index (κ3) is 7.40. The molecule has 0 spiro atoms. The topological polar surface area (TPSA) is 117 Å². The number of methoxy groups -OCH3 is 1. The van der Waals surface area contributed by atoms with E-state index in [9.17, 15) is 28.0 Å². The zero-order valence-corrected chi connectivity index (χ0v) is 21.7. The van der Waals surface area contributed by atoms with Gasteiger partial charge in [-0.25, -0.2) is 13.6 Å². The molecule has 0 radical (unpaired) electrons.